The van der Waals surface area contributed by atoms with Crippen molar-refractivity contribution in [2.75, 3.05) is 12.0 Å². The Hall–Kier alpha value is -1.88. The van der Waals surface area contributed by atoms with Crippen molar-refractivity contribution in [1.29, 1.82) is 0 Å². The summed E-state index contributed by atoms with van der Waals surface area (Å²) in [5.41, 5.74) is 1.66. The molecule has 0 spiro atoms. The average molecular weight is 276 g/mol. The third-order valence-corrected chi connectivity index (χ3v) is 3.52. The van der Waals surface area contributed by atoms with Gasteiger partial charge < -0.3 is 10.1 Å². The van der Waals surface area contributed by atoms with E-state index in [1.807, 2.05) is 31.2 Å². The van der Waals surface area contributed by atoms with Gasteiger partial charge in [-0.05, 0) is 19.4 Å². The van der Waals surface area contributed by atoms with E-state index in [9.17, 15) is 9.59 Å². The third kappa shape index (κ3) is 2.54. The number of rotatable bonds is 4. The zero-order valence-electron chi connectivity index (χ0n) is 12.1. The highest BCUT2D eigenvalue weighted by Gasteiger charge is 2.39. The van der Waals surface area contributed by atoms with Crippen LogP contribution in [-0.4, -0.2) is 31.0 Å². The molecule has 20 heavy (non-hydrogen) atoms. The second-order valence-electron chi connectivity index (χ2n) is 4.92. The second kappa shape index (κ2) is 6.05. The van der Waals surface area contributed by atoms with Crippen LogP contribution >= 0.6 is 0 Å². The molecule has 2 rings (SSSR count). The van der Waals surface area contributed by atoms with E-state index < -0.39 is 12.1 Å². The Morgan fingerprint density at radius 1 is 1.30 bits per heavy atom. The number of carbonyl (C=O) groups is 2. The van der Waals surface area contributed by atoms with Crippen LogP contribution in [0.2, 0.25) is 0 Å². The SMILES string of the molecule is CCC1C(=O)NC(C)C(=O)N1c1ccccc1COC. The molecule has 1 aromatic rings. The molecule has 0 bridgehead atoms. The van der Waals surface area contributed by atoms with Crippen molar-refractivity contribution in [3.05, 3.63) is 29.8 Å². The molecule has 1 saturated heterocycles. The molecule has 0 radical (unpaired) electrons. The predicted octanol–water partition coefficient (Wildman–Crippen LogP) is 1.46. The zero-order chi connectivity index (χ0) is 14.7. The normalized spacial score (nSPS) is 22.9. The minimum Gasteiger partial charge on any atom is -0.380 e. The van der Waals surface area contributed by atoms with Crippen molar-refractivity contribution in [3.8, 4) is 0 Å². The molecule has 1 heterocycles. The molecular weight excluding hydrogens is 256 g/mol. The largest absolute Gasteiger partial charge is 0.380 e. The first-order chi connectivity index (χ1) is 9.60. The summed E-state index contributed by atoms with van der Waals surface area (Å²) in [7, 11) is 1.61. The molecule has 1 fully saturated rings. The lowest BCUT2D eigenvalue weighted by atomic mass is 10.0. The summed E-state index contributed by atoms with van der Waals surface area (Å²) in [6.07, 6.45) is 0.575. The molecule has 108 valence electrons. The van der Waals surface area contributed by atoms with Gasteiger partial charge in [0.2, 0.25) is 11.8 Å². The standard InChI is InChI=1S/C15H20N2O3/c1-4-12-14(18)16-10(2)15(19)17(12)13-8-6-5-7-11(13)9-20-3/h5-8,10,12H,4,9H2,1-3H3,(H,16,18). The minimum absolute atomic E-state index is 0.0833. The van der Waals surface area contributed by atoms with Crippen LogP contribution in [0, 0.1) is 0 Å². The summed E-state index contributed by atoms with van der Waals surface area (Å²) >= 11 is 0. The van der Waals surface area contributed by atoms with Crippen molar-refractivity contribution in [3.63, 3.8) is 0 Å². The van der Waals surface area contributed by atoms with E-state index in [0.29, 0.717) is 13.0 Å². The maximum absolute atomic E-state index is 12.5. The molecular formula is C15H20N2O3. The van der Waals surface area contributed by atoms with Crippen LogP contribution < -0.4 is 10.2 Å². The summed E-state index contributed by atoms with van der Waals surface area (Å²) in [5, 5.41) is 2.72. The fourth-order valence-electron chi connectivity index (χ4n) is 2.53. The molecule has 1 aromatic carbocycles. The number of hydrogen-bond donors (Lipinski definition) is 1. The number of amides is 2. The highest BCUT2D eigenvalue weighted by atomic mass is 16.5. The van der Waals surface area contributed by atoms with Gasteiger partial charge >= 0.3 is 0 Å². The highest BCUT2D eigenvalue weighted by molar-refractivity contribution is 6.08. The Labute approximate surface area is 118 Å². The topological polar surface area (TPSA) is 58.6 Å². The Balaban J connectivity index is 2.46. The molecule has 2 atom stereocenters. The van der Waals surface area contributed by atoms with E-state index in [1.54, 1.807) is 18.9 Å². The van der Waals surface area contributed by atoms with Gasteiger partial charge in [-0.25, -0.2) is 0 Å². The maximum atomic E-state index is 12.5. The number of nitrogens with one attached hydrogen (secondary N) is 1. The summed E-state index contributed by atoms with van der Waals surface area (Å²) < 4.78 is 5.18. The quantitative estimate of drug-likeness (QED) is 0.906. The second-order valence-corrected chi connectivity index (χ2v) is 4.92. The van der Waals surface area contributed by atoms with Crippen LogP contribution in [0.5, 0.6) is 0 Å². The lowest BCUT2D eigenvalue weighted by Gasteiger charge is -2.38. The Morgan fingerprint density at radius 3 is 2.65 bits per heavy atom. The van der Waals surface area contributed by atoms with Gasteiger partial charge in [-0.1, -0.05) is 25.1 Å². The van der Waals surface area contributed by atoms with E-state index >= 15 is 0 Å². The molecule has 5 heteroatoms. The lowest BCUT2D eigenvalue weighted by Crippen LogP contribution is -2.62. The van der Waals surface area contributed by atoms with Gasteiger partial charge in [0.05, 0.1) is 12.3 Å². The van der Waals surface area contributed by atoms with E-state index in [2.05, 4.69) is 5.32 Å². The average Bonchev–Trinajstić information content (AvgIpc) is 2.44. The number of para-hydroxylation sites is 1. The van der Waals surface area contributed by atoms with Crippen LogP contribution in [0.1, 0.15) is 25.8 Å². The summed E-state index contributed by atoms with van der Waals surface area (Å²) in [4.78, 5) is 26.2. The van der Waals surface area contributed by atoms with Gasteiger partial charge in [0.1, 0.15) is 12.1 Å². The fourth-order valence-corrected chi connectivity index (χ4v) is 2.53. The first kappa shape index (κ1) is 14.5. The fraction of sp³-hybridized carbons (Fsp3) is 0.467. The van der Waals surface area contributed by atoms with E-state index in [4.69, 9.17) is 4.74 Å². The molecule has 0 aromatic heterocycles. The first-order valence-electron chi connectivity index (χ1n) is 6.80. The van der Waals surface area contributed by atoms with Gasteiger partial charge in [0.15, 0.2) is 0 Å². The monoisotopic (exact) mass is 276 g/mol. The van der Waals surface area contributed by atoms with E-state index in [-0.39, 0.29) is 11.8 Å². The zero-order valence-corrected chi connectivity index (χ0v) is 12.1. The number of ether oxygens (including phenoxy) is 1. The van der Waals surface area contributed by atoms with Crippen molar-refractivity contribution in [2.45, 2.75) is 39.0 Å². The highest BCUT2D eigenvalue weighted by Crippen LogP contribution is 2.27. The van der Waals surface area contributed by atoms with Crippen molar-refractivity contribution in [2.24, 2.45) is 0 Å². The predicted molar refractivity (Wildman–Crippen MR) is 76.3 cm³/mol. The molecule has 1 N–H and O–H groups in total. The Morgan fingerprint density at radius 2 is 2.00 bits per heavy atom. The van der Waals surface area contributed by atoms with Gasteiger partial charge in [-0.3, -0.25) is 14.5 Å². The Kier molecular flexibility index (Phi) is 4.39. The van der Waals surface area contributed by atoms with Crippen molar-refractivity contribution < 1.29 is 14.3 Å². The smallest absolute Gasteiger partial charge is 0.250 e. The number of hydrogen-bond acceptors (Lipinski definition) is 3. The molecule has 0 saturated carbocycles. The number of carbonyl (C=O) groups excluding carboxylic acids is 2. The van der Waals surface area contributed by atoms with Crippen LogP contribution in [0.4, 0.5) is 5.69 Å². The molecule has 0 aliphatic carbocycles. The van der Waals surface area contributed by atoms with Crippen LogP contribution in [0.15, 0.2) is 24.3 Å². The van der Waals surface area contributed by atoms with Gasteiger partial charge in [0, 0.05) is 12.7 Å². The molecule has 1 aliphatic heterocycles. The van der Waals surface area contributed by atoms with E-state index in [0.717, 1.165) is 11.3 Å². The molecule has 2 amide bonds. The number of methoxy groups -OCH3 is 1. The lowest BCUT2D eigenvalue weighted by molar-refractivity contribution is -0.133. The molecule has 2 unspecified atom stereocenters. The first-order valence-corrected chi connectivity index (χ1v) is 6.80. The maximum Gasteiger partial charge on any atom is 0.250 e. The van der Waals surface area contributed by atoms with Crippen molar-refractivity contribution in [1.82, 2.24) is 5.32 Å². The number of nitrogens with zero attached hydrogens (tertiary/aromatic N) is 1. The summed E-state index contributed by atoms with van der Waals surface area (Å²) in [6, 6.07) is 6.58. The summed E-state index contributed by atoms with van der Waals surface area (Å²) in [5.74, 6) is -0.188. The van der Waals surface area contributed by atoms with Crippen LogP contribution in [-0.2, 0) is 20.9 Å². The number of piperazine rings is 1. The number of anilines is 1. The number of benzene rings is 1. The Bertz CT molecular complexity index is 516. The summed E-state index contributed by atoms with van der Waals surface area (Å²) in [6.45, 7) is 4.02. The molecule has 1 aliphatic rings. The third-order valence-electron chi connectivity index (χ3n) is 3.52. The molecule has 5 nitrogen and oxygen atoms in total. The van der Waals surface area contributed by atoms with Gasteiger partial charge in [0.25, 0.3) is 0 Å². The van der Waals surface area contributed by atoms with Crippen molar-refractivity contribution >= 4 is 17.5 Å². The van der Waals surface area contributed by atoms with Crippen LogP contribution in [0.3, 0.4) is 0 Å². The van der Waals surface area contributed by atoms with Gasteiger partial charge in [-0.2, -0.15) is 0 Å². The minimum atomic E-state index is -0.499. The van der Waals surface area contributed by atoms with E-state index in [1.165, 1.54) is 0 Å². The van der Waals surface area contributed by atoms with Gasteiger partial charge in [-0.15, -0.1) is 0 Å². The van der Waals surface area contributed by atoms with Crippen LogP contribution in [0.25, 0.3) is 0 Å².